The number of hydrogen-bond donors (Lipinski definition) is 3. The number of carbonyl (C=O) groups excluding carboxylic acids is 1. The lowest BCUT2D eigenvalue weighted by molar-refractivity contribution is -0.00177. The van der Waals surface area contributed by atoms with Crippen LogP contribution in [0.15, 0.2) is 43.2 Å². The van der Waals surface area contributed by atoms with Crippen LogP contribution in [0.4, 0.5) is 20.2 Å². The molecule has 4 rings (SSSR count). The van der Waals surface area contributed by atoms with E-state index in [9.17, 15) is 18.7 Å². The third kappa shape index (κ3) is 6.09. The molecule has 0 saturated heterocycles. The number of anilines is 2. The molecular formula is C25H27F2N9O2. The van der Waals surface area contributed by atoms with Crippen molar-refractivity contribution < 1.29 is 18.7 Å². The molecule has 0 fully saturated rings. The minimum atomic E-state index is -1.69. The third-order valence-corrected chi connectivity index (χ3v) is 5.57. The SMILES string of the molecule is CC(C)(F)Cn1cc(Nc2cc(-c3cnn4cc(C#N)cnc34)ncc2C(=O)NC[C@@H](F)C(C)(C)O)cn1. The number of aliphatic hydroxyl groups is 1. The second kappa shape index (κ2) is 10.1. The molecule has 0 aromatic carbocycles. The zero-order valence-electron chi connectivity index (χ0n) is 21.3. The number of halogens is 2. The molecule has 3 N–H and O–H groups in total. The average molecular weight is 524 g/mol. The molecule has 1 atom stereocenters. The molecule has 0 saturated carbocycles. The Kier molecular flexibility index (Phi) is 7.10. The van der Waals surface area contributed by atoms with Crippen LogP contribution in [-0.2, 0) is 6.54 Å². The van der Waals surface area contributed by atoms with E-state index in [0.29, 0.717) is 33.8 Å². The van der Waals surface area contributed by atoms with Crippen molar-refractivity contribution in [2.75, 3.05) is 11.9 Å². The van der Waals surface area contributed by atoms with Gasteiger partial charge in [0, 0.05) is 18.6 Å². The number of hydrogen-bond acceptors (Lipinski definition) is 8. The van der Waals surface area contributed by atoms with Gasteiger partial charge in [0.2, 0.25) is 0 Å². The largest absolute Gasteiger partial charge is 0.387 e. The Balaban J connectivity index is 1.69. The molecule has 198 valence electrons. The Morgan fingerprint density at radius 1 is 1.16 bits per heavy atom. The first-order valence-electron chi connectivity index (χ1n) is 11.7. The second-order valence-corrected chi connectivity index (χ2v) is 10.00. The number of aromatic nitrogens is 6. The van der Waals surface area contributed by atoms with Gasteiger partial charge < -0.3 is 15.7 Å². The van der Waals surface area contributed by atoms with Crippen LogP contribution in [0.2, 0.25) is 0 Å². The van der Waals surface area contributed by atoms with Gasteiger partial charge in [-0.3, -0.25) is 14.5 Å². The van der Waals surface area contributed by atoms with Gasteiger partial charge in [-0.15, -0.1) is 0 Å². The van der Waals surface area contributed by atoms with Crippen LogP contribution in [0.25, 0.3) is 16.9 Å². The van der Waals surface area contributed by atoms with Crippen molar-refractivity contribution in [3.05, 3.63) is 54.4 Å². The zero-order valence-corrected chi connectivity index (χ0v) is 21.3. The number of amides is 1. The van der Waals surface area contributed by atoms with Crippen LogP contribution in [0.1, 0.15) is 43.6 Å². The maximum absolute atomic E-state index is 14.2. The van der Waals surface area contributed by atoms with Crippen molar-refractivity contribution in [2.45, 2.75) is 51.7 Å². The van der Waals surface area contributed by atoms with Gasteiger partial charge in [-0.2, -0.15) is 15.5 Å². The summed E-state index contributed by atoms with van der Waals surface area (Å²) in [5.41, 5.74) is -0.454. The molecule has 0 radical (unpaired) electrons. The highest BCUT2D eigenvalue weighted by Gasteiger charge is 2.27. The highest BCUT2D eigenvalue weighted by atomic mass is 19.1. The number of carbonyl (C=O) groups is 1. The maximum Gasteiger partial charge on any atom is 0.255 e. The van der Waals surface area contributed by atoms with Gasteiger partial charge in [0.15, 0.2) is 5.65 Å². The average Bonchev–Trinajstić information content (AvgIpc) is 3.46. The van der Waals surface area contributed by atoms with Gasteiger partial charge in [-0.05, 0) is 33.8 Å². The Bertz CT molecular complexity index is 1510. The summed E-state index contributed by atoms with van der Waals surface area (Å²) in [6.07, 6.45) is 7.19. The second-order valence-electron chi connectivity index (χ2n) is 10.00. The molecular weight excluding hydrogens is 496 g/mol. The summed E-state index contributed by atoms with van der Waals surface area (Å²) < 4.78 is 31.2. The molecule has 0 bridgehead atoms. The van der Waals surface area contributed by atoms with Crippen molar-refractivity contribution in [3.63, 3.8) is 0 Å². The van der Waals surface area contributed by atoms with Gasteiger partial charge in [0.25, 0.3) is 5.91 Å². The molecule has 0 aliphatic heterocycles. The first kappa shape index (κ1) is 26.6. The van der Waals surface area contributed by atoms with E-state index in [0.717, 1.165) is 0 Å². The summed E-state index contributed by atoms with van der Waals surface area (Å²) in [6.45, 7) is 5.12. The number of nitriles is 1. The van der Waals surface area contributed by atoms with Crippen molar-refractivity contribution in [1.82, 2.24) is 34.7 Å². The number of pyridine rings is 1. The van der Waals surface area contributed by atoms with Crippen molar-refractivity contribution in [1.29, 1.82) is 5.26 Å². The topological polar surface area (TPSA) is 146 Å². The summed E-state index contributed by atoms with van der Waals surface area (Å²) in [4.78, 5) is 21.7. The zero-order chi connectivity index (χ0) is 27.7. The van der Waals surface area contributed by atoms with E-state index in [-0.39, 0.29) is 12.1 Å². The van der Waals surface area contributed by atoms with Crippen LogP contribution in [0, 0.1) is 11.3 Å². The molecule has 0 aliphatic rings. The lowest BCUT2D eigenvalue weighted by Crippen LogP contribution is -2.42. The Hall–Kier alpha value is -4.44. The van der Waals surface area contributed by atoms with Crippen LogP contribution in [0.3, 0.4) is 0 Å². The first-order valence-corrected chi connectivity index (χ1v) is 11.7. The minimum absolute atomic E-state index is 0.0250. The van der Waals surface area contributed by atoms with E-state index in [2.05, 4.69) is 30.8 Å². The van der Waals surface area contributed by atoms with E-state index in [1.165, 1.54) is 67.9 Å². The Morgan fingerprint density at radius 2 is 1.92 bits per heavy atom. The van der Waals surface area contributed by atoms with Gasteiger partial charge in [0.1, 0.15) is 17.9 Å². The molecule has 1 amide bonds. The summed E-state index contributed by atoms with van der Waals surface area (Å²) in [5.74, 6) is -0.618. The fourth-order valence-electron chi connectivity index (χ4n) is 3.58. The number of rotatable bonds is 9. The molecule has 0 unspecified atom stereocenters. The Labute approximate surface area is 217 Å². The molecule has 4 heterocycles. The monoisotopic (exact) mass is 523 g/mol. The smallest absolute Gasteiger partial charge is 0.255 e. The minimum Gasteiger partial charge on any atom is -0.387 e. The fourth-order valence-corrected chi connectivity index (χ4v) is 3.58. The van der Waals surface area contributed by atoms with Crippen LogP contribution in [0.5, 0.6) is 0 Å². The van der Waals surface area contributed by atoms with Gasteiger partial charge in [-0.1, -0.05) is 0 Å². The number of nitrogens with one attached hydrogen (secondary N) is 2. The molecule has 0 spiro atoms. The molecule has 38 heavy (non-hydrogen) atoms. The molecule has 13 heteroatoms. The fraction of sp³-hybridized carbons (Fsp3) is 0.360. The van der Waals surface area contributed by atoms with Crippen molar-refractivity contribution in [3.8, 4) is 17.3 Å². The Morgan fingerprint density at radius 3 is 2.61 bits per heavy atom. The quantitative estimate of drug-likeness (QED) is 0.303. The predicted molar refractivity (Wildman–Crippen MR) is 135 cm³/mol. The highest BCUT2D eigenvalue weighted by Crippen LogP contribution is 2.28. The number of nitrogens with zero attached hydrogens (tertiary/aromatic N) is 7. The predicted octanol–water partition coefficient (Wildman–Crippen LogP) is 3.19. The third-order valence-electron chi connectivity index (χ3n) is 5.57. The van der Waals surface area contributed by atoms with E-state index in [1.54, 1.807) is 12.3 Å². The number of alkyl halides is 2. The van der Waals surface area contributed by atoms with Crippen LogP contribution < -0.4 is 10.6 Å². The van der Waals surface area contributed by atoms with Gasteiger partial charge in [0.05, 0.1) is 71.0 Å². The van der Waals surface area contributed by atoms with Gasteiger partial charge >= 0.3 is 0 Å². The van der Waals surface area contributed by atoms with Crippen molar-refractivity contribution >= 4 is 22.9 Å². The summed E-state index contributed by atoms with van der Waals surface area (Å²) >= 11 is 0. The van der Waals surface area contributed by atoms with Gasteiger partial charge in [-0.25, -0.2) is 18.3 Å². The highest BCUT2D eigenvalue weighted by molar-refractivity contribution is 6.00. The summed E-state index contributed by atoms with van der Waals surface area (Å²) in [7, 11) is 0. The summed E-state index contributed by atoms with van der Waals surface area (Å²) in [6, 6.07) is 3.60. The summed E-state index contributed by atoms with van der Waals surface area (Å²) in [5, 5.41) is 32.9. The maximum atomic E-state index is 14.2. The number of fused-ring (bicyclic) bond motifs is 1. The van der Waals surface area contributed by atoms with Crippen LogP contribution >= 0.6 is 0 Å². The molecule has 11 nitrogen and oxygen atoms in total. The lowest BCUT2D eigenvalue weighted by Gasteiger charge is -2.22. The standard InChI is InChI=1S/C25H27F2N9O2/c1-24(2,27)14-35-13-16(8-32-35)34-20-5-19(17-10-33-36-12-15(6-28)7-30-22(17)36)29-9-18(20)23(37)31-11-21(26)25(3,4)38/h5,7-10,12-13,21,38H,11,14H2,1-4H3,(H,29,34)(H,31,37)/t21-/m1/s1. The van der Waals surface area contributed by atoms with Crippen molar-refractivity contribution in [2.24, 2.45) is 0 Å². The normalized spacial score (nSPS) is 12.8. The molecule has 0 aliphatic carbocycles. The van der Waals surface area contributed by atoms with E-state index in [4.69, 9.17) is 5.26 Å². The first-order chi connectivity index (χ1) is 17.8. The van der Waals surface area contributed by atoms with Crippen LogP contribution in [-0.4, -0.2) is 64.4 Å². The molecule has 4 aromatic heterocycles. The van der Waals surface area contributed by atoms with E-state index in [1.807, 2.05) is 6.07 Å². The van der Waals surface area contributed by atoms with E-state index >= 15 is 0 Å². The molecule has 4 aromatic rings. The van der Waals surface area contributed by atoms with E-state index < -0.39 is 29.9 Å². The lowest BCUT2D eigenvalue weighted by atomic mass is 10.0.